The highest BCUT2D eigenvalue weighted by Crippen LogP contribution is 2.28. The SMILES string of the molecule is CC(C)(C)OC(=O)Nc1cc(CSc2ncccc2C(=O)Nc2ccc3c(c2)CCC3)ccn1. The third-order valence-electron chi connectivity index (χ3n) is 5.20. The molecule has 0 fully saturated rings. The van der Waals surface area contributed by atoms with Crippen LogP contribution in [0.2, 0.25) is 0 Å². The molecule has 1 aliphatic carbocycles. The van der Waals surface area contributed by atoms with Crippen molar-refractivity contribution < 1.29 is 14.3 Å². The van der Waals surface area contributed by atoms with Gasteiger partial charge in [0.15, 0.2) is 0 Å². The van der Waals surface area contributed by atoms with E-state index in [0.29, 0.717) is 22.2 Å². The summed E-state index contributed by atoms with van der Waals surface area (Å²) in [5, 5.41) is 6.30. The number of anilines is 2. The molecule has 1 aliphatic rings. The van der Waals surface area contributed by atoms with Gasteiger partial charge in [-0.05, 0) is 93.1 Å². The number of ether oxygens (including phenoxy) is 1. The normalized spacial score (nSPS) is 12.7. The van der Waals surface area contributed by atoms with E-state index in [-0.39, 0.29) is 5.91 Å². The summed E-state index contributed by atoms with van der Waals surface area (Å²) in [6.45, 7) is 5.41. The molecular weight excluding hydrogens is 448 g/mol. The first-order valence-electron chi connectivity index (χ1n) is 11.2. The number of pyridine rings is 2. The Morgan fingerprint density at radius 2 is 1.82 bits per heavy atom. The van der Waals surface area contributed by atoms with Crippen LogP contribution in [0.5, 0.6) is 0 Å². The van der Waals surface area contributed by atoms with E-state index in [2.05, 4.69) is 32.7 Å². The van der Waals surface area contributed by atoms with E-state index >= 15 is 0 Å². The summed E-state index contributed by atoms with van der Waals surface area (Å²) in [6, 6.07) is 13.3. The van der Waals surface area contributed by atoms with Crippen molar-refractivity contribution in [2.75, 3.05) is 10.6 Å². The number of fused-ring (bicyclic) bond motifs is 1. The Balaban J connectivity index is 1.41. The molecule has 8 heteroatoms. The second-order valence-electron chi connectivity index (χ2n) is 9.11. The molecule has 4 rings (SSSR count). The first kappa shape index (κ1) is 23.8. The van der Waals surface area contributed by atoms with Crippen LogP contribution in [0, 0.1) is 0 Å². The van der Waals surface area contributed by atoms with Crippen molar-refractivity contribution in [2.45, 2.75) is 56.4 Å². The summed E-state index contributed by atoms with van der Waals surface area (Å²) in [4.78, 5) is 33.6. The van der Waals surface area contributed by atoms with Crippen molar-refractivity contribution in [2.24, 2.45) is 0 Å². The van der Waals surface area contributed by atoms with Crippen molar-refractivity contribution >= 4 is 35.3 Å². The molecule has 1 aromatic carbocycles. The van der Waals surface area contributed by atoms with Crippen LogP contribution in [-0.2, 0) is 23.3 Å². The minimum absolute atomic E-state index is 0.185. The first-order chi connectivity index (χ1) is 16.3. The summed E-state index contributed by atoms with van der Waals surface area (Å²) in [5.74, 6) is 0.778. The smallest absolute Gasteiger partial charge is 0.413 e. The Labute approximate surface area is 203 Å². The zero-order valence-electron chi connectivity index (χ0n) is 19.6. The fourth-order valence-electron chi connectivity index (χ4n) is 3.72. The van der Waals surface area contributed by atoms with Crippen LogP contribution >= 0.6 is 11.8 Å². The minimum atomic E-state index is -0.590. The number of carbonyl (C=O) groups excluding carboxylic acids is 2. The van der Waals surface area contributed by atoms with Crippen molar-refractivity contribution in [3.63, 3.8) is 0 Å². The van der Waals surface area contributed by atoms with E-state index in [1.165, 1.54) is 29.3 Å². The number of rotatable bonds is 6. The fraction of sp³-hybridized carbons (Fsp3) is 0.308. The number of amides is 2. The van der Waals surface area contributed by atoms with Crippen molar-refractivity contribution in [1.82, 2.24) is 9.97 Å². The van der Waals surface area contributed by atoms with Crippen molar-refractivity contribution in [1.29, 1.82) is 0 Å². The predicted molar refractivity (Wildman–Crippen MR) is 134 cm³/mol. The van der Waals surface area contributed by atoms with Gasteiger partial charge in [-0.3, -0.25) is 10.1 Å². The van der Waals surface area contributed by atoms with Crippen molar-refractivity contribution in [3.8, 4) is 0 Å². The van der Waals surface area contributed by atoms with Gasteiger partial charge in [0.25, 0.3) is 5.91 Å². The van der Waals surface area contributed by atoms with Gasteiger partial charge in [0.1, 0.15) is 16.4 Å². The number of carbonyl (C=O) groups is 2. The maximum Gasteiger partial charge on any atom is 0.413 e. The molecule has 2 amide bonds. The lowest BCUT2D eigenvalue weighted by atomic mass is 10.1. The van der Waals surface area contributed by atoms with Gasteiger partial charge >= 0.3 is 6.09 Å². The molecule has 0 radical (unpaired) electrons. The number of nitrogens with zero attached hydrogens (tertiary/aromatic N) is 2. The molecule has 0 spiro atoms. The first-order valence-corrected chi connectivity index (χ1v) is 12.2. The number of hydrogen-bond acceptors (Lipinski definition) is 6. The average molecular weight is 477 g/mol. The molecule has 7 nitrogen and oxygen atoms in total. The van der Waals surface area contributed by atoms with Crippen LogP contribution in [-0.4, -0.2) is 27.6 Å². The summed E-state index contributed by atoms with van der Waals surface area (Å²) in [7, 11) is 0. The number of nitrogens with one attached hydrogen (secondary N) is 2. The number of aromatic nitrogens is 2. The van der Waals surface area contributed by atoms with E-state index in [4.69, 9.17) is 4.74 Å². The van der Waals surface area contributed by atoms with Crippen LogP contribution in [0.15, 0.2) is 59.9 Å². The van der Waals surface area contributed by atoms with Crippen LogP contribution in [0.4, 0.5) is 16.3 Å². The molecular formula is C26H28N4O3S. The zero-order valence-corrected chi connectivity index (χ0v) is 20.4. The Morgan fingerprint density at radius 1 is 1.00 bits per heavy atom. The highest BCUT2D eigenvalue weighted by Gasteiger charge is 2.18. The molecule has 2 aromatic heterocycles. The van der Waals surface area contributed by atoms with Gasteiger partial charge in [-0.15, -0.1) is 11.8 Å². The molecule has 0 bridgehead atoms. The largest absolute Gasteiger partial charge is 0.444 e. The van der Waals surface area contributed by atoms with E-state index in [0.717, 1.165) is 24.1 Å². The van der Waals surface area contributed by atoms with Crippen LogP contribution in [0.1, 0.15) is 54.2 Å². The van der Waals surface area contributed by atoms with E-state index < -0.39 is 11.7 Å². The molecule has 2 heterocycles. The van der Waals surface area contributed by atoms with Gasteiger partial charge in [-0.1, -0.05) is 6.07 Å². The van der Waals surface area contributed by atoms with Crippen LogP contribution < -0.4 is 10.6 Å². The standard InChI is InChI=1S/C26H28N4O3S/c1-26(2,3)33-25(32)30-22-14-17(11-13-27-22)16-34-24-21(8-5-12-28-24)23(31)29-20-10-9-18-6-4-7-19(18)15-20/h5,8-15H,4,6-7,16H2,1-3H3,(H,29,31)(H,27,30,32). The topological polar surface area (TPSA) is 93.2 Å². The second kappa shape index (κ2) is 10.3. The summed E-state index contributed by atoms with van der Waals surface area (Å²) in [5.41, 5.74) is 4.35. The van der Waals surface area contributed by atoms with Gasteiger partial charge in [-0.25, -0.2) is 14.8 Å². The van der Waals surface area contributed by atoms with E-state index in [9.17, 15) is 9.59 Å². The minimum Gasteiger partial charge on any atom is -0.444 e. The molecule has 0 saturated carbocycles. The lowest BCUT2D eigenvalue weighted by molar-refractivity contribution is 0.0635. The Bertz CT molecular complexity index is 1210. The lowest BCUT2D eigenvalue weighted by Gasteiger charge is -2.19. The Kier molecular flexibility index (Phi) is 7.17. The van der Waals surface area contributed by atoms with E-state index in [1.807, 2.05) is 12.1 Å². The van der Waals surface area contributed by atoms with Gasteiger partial charge in [0.2, 0.25) is 0 Å². The molecule has 0 unspecified atom stereocenters. The van der Waals surface area contributed by atoms with Gasteiger partial charge in [-0.2, -0.15) is 0 Å². The maximum atomic E-state index is 13.0. The Morgan fingerprint density at radius 3 is 2.65 bits per heavy atom. The highest BCUT2D eigenvalue weighted by molar-refractivity contribution is 7.98. The molecule has 3 aromatic rings. The predicted octanol–water partition coefficient (Wildman–Crippen LogP) is 5.86. The average Bonchev–Trinajstić information content (AvgIpc) is 3.25. The number of benzene rings is 1. The molecule has 0 saturated heterocycles. The summed E-state index contributed by atoms with van der Waals surface area (Å²) >= 11 is 1.45. The summed E-state index contributed by atoms with van der Waals surface area (Å²) < 4.78 is 5.28. The third-order valence-corrected chi connectivity index (χ3v) is 6.28. The zero-order chi connectivity index (χ0) is 24.1. The molecule has 0 aliphatic heterocycles. The molecule has 176 valence electrons. The van der Waals surface area contributed by atoms with Crippen LogP contribution in [0.25, 0.3) is 0 Å². The summed E-state index contributed by atoms with van der Waals surface area (Å²) in [6.07, 6.45) is 6.08. The maximum absolute atomic E-state index is 13.0. The monoisotopic (exact) mass is 476 g/mol. The quantitative estimate of drug-likeness (QED) is 0.433. The van der Waals surface area contributed by atoms with Crippen molar-refractivity contribution in [3.05, 3.63) is 77.1 Å². The van der Waals surface area contributed by atoms with Gasteiger partial charge < -0.3 is 10.1 Å². The number of thioether (sulfide) groups is 1. The van der Waals surface area contributed by atoms with E-state index in [1.54, 1.807) is 51.4 Å². The third kappa shape index (κ3) is 6.35. The highest BCUT2D eigenvalue weighted by atomic mass is 32.2. The molecule has 0 atom stereocenters. The Hall–Kier alpha value is -3.39. The van der Waals surface area contributed by atoms with Gasteiger partial charge in [0.05, 0.1) is 5.56 Å². The van der Waals surface area contributed by atoms with Gasteiger partial charge in [0, 0.05) is 23.8 Å². The number of hydrogen-bond donors (Lipinski definition) is 2. The van der Waals surface area contributed by atoms with Crippen LogP contribution in [0.3, 0.4) is 0 Å². The lowest BCUT2D eigenvalue weighted by Crippen LogP contribution is -2.27. The number of aryl methyl sites for hydroxylation is 2. The molecule has 2 N–H and O–H groups in total. The fourth-order valence-corrected chi connectivity index (χ4v) is 4.65. The molecule has 34 heavy (non-hydrogen) atoms. The second-order valence-corrected chi connectivity index (χ2v) is 10.1.